The van der Waals surface area contributed by atoms with Gasteiger partial charge in [-0.25, -0.2) is 4.79 Å². The number of carboxylic acid groups (broad SMARTS) is 1. The van der Waals surface area contributed by atoms with Crippen molar-refractivity contribution in [2.45, 2.75) is 43.2 Å². The van der Waals surface area contributed by atoms with Gasteiger partial charge in [0.1, 0.15) is 12.1 Å². The minimum absolute atomic E-state index is 0.0783. The first kappa shape index (κ1) is 21.8. The van der Waals surface area contributed by atoms with E-state index in [4.69, 9.17) is 9.84 Å². The molecule has 8 nitrogen and oxygen atoms in total. The smallest absolute Gasteiger partial charge is 0.408 e. The van der Waals surface area contributed by atoms with Crippen molar-refractivity contribution in [3.8, 4) is 11.1 Å². The maximum Gasteiger partial charge on any atom is 0.408 e. The number of rotatable bonds is 8. The van der Waals surface area contributed by atoms with Crippen molar-refractivity contribution in [2.24, 2.45) is 0 Å². The van der Waals surface area contributed by atoms with Crippen LogP contribution in [0.3, 0.4) is 0 Å². The fourth-order valence-corrected chi connectivity index (χ4v) is 4.42. The number of aliphatic hydroxyl groups is 1. The fourth-order valence-electron chi connectivity index (χ4n) is 4.42. The number of carbonyl (C=O) groups is 3. The van der Waals surface area contributed by atoms with E-state index in [1.165, 1.54) is 0 Å². The van der Waals surface area contributed by atoms with Crippen LogP contribution in [0.1, 0.15) is 42.7 Å². The van der Waals surface area contributed by atoms with Crippen LogP contribution in [-0.4, -0.2) is 53.0 Å². The van der Waals surface area contributed by atoms with Gasteiger partial charge in [0.2, 0.25) is 5.91 Å². The van der Waals surface area contributed by atoms with E-state index in [2.05, 4.69) is 22.8 Å². The number of carbonyl (C=O) groups excluding carboxylic acids is 2. The third kappa shape index (κ3) is 4.31. The van der Waals surface area contributed by atoms with Gasteiger partial charge in [-0.2, -0.15) is 0 Å². The van der Waals surface area contributed by atoms with Crippen LogP contribution in [0.15, 0.2) is 48.5 Å². The Balaban J connectivity index is 1.36. The number of hydrogen-bond donors (Lipinski definition) is 4. The van der Waals surface area contributed by atoms with E-state index in [1.807, 2.05) is 36.4 Å². The van der Waals surface area contributed by atoms with Gasteiger partial charge in [0.15, 0.2) is 0 Å². The van der Waals surface area contributed by atoms with Gasteiger partial charge < -0.3 is 25.6 Å². The lowest BCUT2D eigenvalue weighted by atomic mass is 9.76. The van der Waals surface area contributed by atoms with Crippen molar-refractivity contribution in [1.29, 1.82) is 0 Å². The molecule has 0 aliphatic heterocycles. The molecule has 0 radical (unpaired) electrons. The summed E-state index contributed by atoms with van der Waals surface area (Å²) in [7, 11) is 0. The Morgan fingerprint density at radius 2 is 1.62 bits per heavy atom. The summed E-state index contributed by atoms with van der Waals surface area (Å²) in [6.45, 7) is -0.0475. The highest BCUT2D eigenvalue weighted by Crippen LogP contribution is 2.44. The molecule has 4 rings (SSSR count). The van der Waals surface area contributed by atoms with Crippen LogP contribution in [0.4, 0.5) is 4.79 Å². The van der Waals surface area contributed by atoms with Gasteiger partial charge >= 0.3 is 12.1 Å². The average molecular weight is 438 g/mol. The van der Waals surface area contributed by atoms with Crippen molar-refractivity contribution in [1.82, 2.24) is 10.6 Å². The summed E-state index contributed by atoms with van der Waals surface area (Å²) in [5.41, 5.74) is 3.37. The molecule has 0 spiro atoms. The first-order valence-electron chi connectivity index (χ1n) is 10.7. The van der Waals surface area contributed by atoms with Crippen LogP contribution in [-0.2, 0) is 14.3 Å². The van der Waals surface area contributed by atoms with Crippen LogP contribution in [0.5, 0.6) is 0 Å². The Bertz CT molecular complexity index is 987. The summed E-state index contributed by atoms with van der Waals surface area (Å²) in [4.78, 5) is 35.9. The molecular formula is C24H26N2O6. The number of alkyl carbamates (subject to hydrolysis) is 1. The molecule has 8 heteroatoms. The molecule has 2 aromatic rings. The zero-order chi connectivity index (χ0) is 22.7. The predicted octanol–water partition coefficient (Wildman–Crippen LogP) is 2.40. The molecule has 2 aromatic carbocycles. The number of hydrogen-bond acceptors (Lipinski definition) is 5. The number of aliphatic hydroxyl groups excluding tert-OH is 1. The zero-order valence-corrected chi connectivity index (χ0v) is 17.5. The zero-order valence-electron chi connectivity index (χ0n) is 17.5. The molecule has 2 amide bonds. The lowest BCUT2D eigenvalue weighted by Gasteiger charge is -2.40. The van der Waals surface area contributed by atoms with E-state index in [0.29, 0.717) is 12.8 Å². The summed E-state index contributed by atoms with van der Waals surface area (Å²) < 4.78 is 5.54. The first-order valence-corrected chi connectivity index (χ1v) is 10.7. The number of nitrogens with one attached hydrogen (secondary N) is 2. The van der Waals surface area contributed by atoms with Crippen LogP contribution in [0.25, 0.3) is 11.1 Å². The van der Waals surface area contributed by atoms with Gasteiger partial charge in [-0.1, -0.05) is 48.5 Å². The summed E-state index contributed by atoms with van der Waals surface area (Å²) in [5, 5.41) is 23.6. The van der Waals surface area contributed by atoms with Crippen molar-refractivity contribution >= 4 is 18.0 Å². The Hall–Kier alpha value is -3.39. The van der Waals surface area contributed by atoms with Crippen molar-refractivity contribution in [3.05, 3.63) is 59.7 Å². The van der Waals surface area contributed by atoms with Crippen LogP contribution < -0.4 is 10.6 Å². The molecule has 0 bridgehead atoms. The summed E-state index contributed by atoms with van der Waals surface area (Å²) in [6, 6.07) is 16.1. The molecule has 168 valence electrons. The first-order chi connectivity index (χ1) is 15.4. The number of aliphatic carboxylic acids is 1. The molecule has 4 N–H and O–H groups in total. The van der Waals surface area contributed by atoms with E-state index in [1.54, 1.807) is 0 Å². The molecule has 0 saturated heterocycles. The Labute approximate surface area is 185 Å². The minimum Gasteiger partial charge on any atom is -0.481 e. The highest BCUT2D eigenvalue weighted by molar-refractivity contribution is 5.91. The second-order valence-corrected chi connectivity index (χ2v) is 8.35. The molecule has 2 aliphatic rings. The Morgan fingerprint density at radius 3 is 2.16 bits per heavy atom. The number of fused-ring (bicyclic) bond motifs is 3. The molecule has 32 heavy (non-hydrogen) atoms. The molecule has 0 aromatic heterocycles. The van der Waals surface area contributed by atoms with Crippen molar-refractivity contribution in [3.63, 3.8) is 0 Å². The van der Waals surface area contributed by atoms with Gasteiger partial charge in [-0.05, 0) is 41.5 Å². The molecule has 0 heterocycles. The number of benzene rings is 2. The van der Waals surface area contributed by atoms with Gasteiger partial charge in [-0.15, -0.1) is 0 Å². The van der Waals surface area contributed by atoms with E-state index in [0.717, 1.165) is 28.7 Å². The molecule has 1 fully saturated rings. The number of amides is 2. The topological polar surface area (TPSA) is 125 Å². The maximum absolute atomic E-state index is 12.6. The predicted molar refractivity (Wildman–Crippen MR) is 116 cm³/mol. The fraction of sp³-hybridized carbons (Fsp3) is 0.375. The van der Waals surface area contributed by atoms with Gasteiger partial charge in [0.25, 0.3) is 0 Å². The lowest BCUT2D eigenvalue weighted by molar-refractivity contribution is -0.140. The average Bonchev–Trinajstić information content (AvgIpc) is 3.06. The lowest BCUT2D eigenvalue weighted by Crippen LogP contribution is -2.63. The third-order valence-electron chi connectivity index (χ3n) is 6.24. The van der Waals surface area contributed by atoms with Gasteiger partial charge in [-0.3, -0.25) is 9.59 Å². The molecule has 1 atom stereocenters. The van der Waals surface area contributed by atoms with E-state index in [9.17, 15) is 19.5 Å². The van der Waals surface area contributed by atoms with Crippen LogP contribution in [0, 0.1) is 0 Å². The van der Waals surface area contributed by atoms with E-state index in [-0.39, 0.29) is 19.1 Å². The quantitative estimate of drug-likeness (QED) is 0.502. The van der Waals surface area contributed by atoms with Gasteiger partial charge in [0.05, 0.1) is 12.5 Å². The molecule has 2 aliphatic carbocycles. The van der Waals surface area contributed by atoms with Crippen molar-refractivity contribution in [2.75, 3.05) is 13.2 Å². The van der Waals surface area contributed by atoms with E-state index >= 15 is 0 Å². The standard InChI is InChI=1S/C24H26N2O6/c27-15(12-21(28)29)13-25-22(30)24(10-5-11-24)26-23(31)32-14-20-18-8-3-1-6-16(18)17-7-2-4-9-19(17)20/h1-4,6-9,15,20,27H,5,10-14H2,(H,25,30)(H,26,31)(H,28,29). The van der Waals surface area contributed by atoms with Gasteiger partial charge in [0, 0.05) is 12.5 Å². The highest BCUT2D eigenvalue weighted by Gasteiger charge is 2.46. The SMILES string of the molecule is O=C(O)CC(O)CNC(=O)C1(NC(=O)OCC2c3ccccc3-c3ccccc32)CCC1. The Kier molecular flexibility index (Phi) is 6.14. The molecule has 1 saturated carbocycles. The maximum atomic E-state index is 12.6. The van der Waals surface area contributed by atoms with Crippen molar-refractivity contribution < 1.29 is 29.3 Å². The number of carboxylic acids is 1. The highest BCUT2D eigenvalue weighted by atomic mass is 16.5. The van der Waals surface area contributed by atoms with E-state index < -0.39 is 36.0 Å². The summed E-state index contributed by atoms with van der Waals surface area (Å²) in [5.74, 6) is -1.67. The normalized spacial score (nSPS) is 16.8. The minimum atomic E-state index is -1.19. The number of ether oxygens (including phenoxy) is 1. The summed E-state index contributed by atoms with van der Waals surface area (Å²) >= 11 is 0. The summed E-state index contributed by atoms with van der Waals surface area (Å²) in [6.07, 6.45) is -0.645. The third-order valence-corrected chi connectivity index (χ3v) is 6.24. The van der Waals surface area contributed by atoms with Crippen LogP contribution >= 0.6 is 0 Å². The Morgan fingerprint density at radius 1 is 1.03 bits per heavy atom. The van der Waals surface area contributed by atoms with Crippen LogP contribution in [0.2, 0.25) is 0 Å². The largest absolute Gasteiger partial charge is 0.481 e. The second kappa shape index (κ2) is 9.00. The molecule has 1 unspecified atom stereocenters. The monoisotopic (exact) mass is 438 g/mol. The molecular weight excluding hydrogens is 412 g/mol. The second-order valence-electron chi connectivity index (χ2n) is 8.35.